The third kappa shape index (κ3) is 4.88. The zero-order valence-electron chi connectivity index (χ0n) is 20.3. The van der Waals surface area contributed by atoms with Crippen molar-refractivity contribution in [3.63, 3.8) is 0 Å². The predicted molar refractivity (Wildman–Crippen MR) is 141 cm³/mol. The van der Waals surface area contributed by atoms with Gasteiger partial charge >= 0.3 is 0 Å². The zero-order chi connectivity index (χ0) is 24.9. The van der Waals surface area contributed by atoms with Gasteiger partial charge in [-0.15, -0.1) is 10.2 Å². The lowest BCUT2D eigenvalue weighted by Crippen LogP contribution is -2.35. The summed E-state index contributed by atoms with van der Waals surface area (Å²) in [5.74, 6) is 1.46. The topological polar surface area (TPSA) is 113 Å². The van der Waals surface area contributed by atoms with Gasteiger partial charge in [-0.05, 0) is 40.0 Å². The lowest BCUT2D eigenvalue weighted by Gasteiger charge is -2.20. The number of hydrogen-bond acceptors (Lipinski definition) is 6. The third-order valence-electron chi connectivity index (χ3n) is 6.51. The molecule has 182 valence electrons. The van der Waals surface area contributed by atoms with Crippen LogP contribution in [0.5, 0.6) is 0 Å². The van der Waals surface area contributed by atoms with Gasteiger partial charge in [-0.25, -0.2) is 0 Å². The Morgan fingerprint density at radius 1 is 0.972 bits per heavy atom. The van der Waals surface area contributed by atoms with Crippen LogP contribution in [0.2, 0.25) is 0 Å². The number of rotatable bonds is 9. The molecule has 4 aromatic rings. The molecule has 1 aromatic heterocycles. The van der Waals surface area contributed by atoms with E-state index in [1.807, 2.05) is 53.4 Å². The molecule has 1 aliphatic rings. The molecular formula is C28H29N7O. The van der Waals surface area contributed by atoms with Gasteiger partial charge in [0.05, 0.1) is 6.54 Å². The van der Waals surface area contributed by atoms with Gasteiger partial charge in [0.2, 0.25) is 5.82 Å². The zero-order valence-corrected chi connectivity index (χ0v) is 20.3. The van der Waals surface area contributed by atoms with Crippen LogP contribution in [0.25, 0.3) is 22.5 Å². The second kappa shape index (κ2) is 10.5. The molecule has 3 aromatic carbocycles. The maximum atomic E-state index is 13.4. The number of aromatic nitrogens is 4. The minimum atomic E-state index is -0.428. The number of para-hydroxylation sites is 1. The number of carbonyl (C=O) groups excluding carboxylic acids is 1. The summed E-state index contributed by atoms with van der Waals surface area (Å²) in [6.07, 6.45) is 3.35. The Kier molecular flexibility index (Phi) is 6.84. The third-order valence-corrected chi connectivity index (χ3v) is 6.51. The first-order chi connectivity index (χ1) is 17.6. The highest BCUT2D eigenvalue weighted by atomic mass is 16.2. The molecule has 1 unspecified atom stereocenters. The van der Waals surface area contributed by atoms with Gasteiger partial charge in [-0.2, -0.15) is 5.21 Å². The second-order valence-corrected chi connectivity index (χ2v) is 8.97. The van der Waals surface area contributed by atoms with Gasteiger partial charge in [0.15, 0.2) is 0 Å². The van der Waals surface area contributed by atoms with Gasteiger partial charge in [0.1, 0.15) is 11.9 Å². The highest BCUT2D eigenvalue weighted by Crippen LogP contribution is 2.30. The molecule has 2 heterocycles. The Labute approximate surface area is 210 Å². The molecule has 0 saturated heterocycles. The molecule has 1 aliphatic heterocycles. The summed E-state index contributed by atoms with van der Waals surface area (Å²) in [6.45, 7) is 2.64. The minimum Gasteiger partial charge on any atom is -0.399 e. The number of nitrogens with one attached hydrogen (secondary N) is 1. The molecule has 5 rings (SSSR count). The summed E-state index contributed by atoms with van der Waals surface area (Å²) < 4.78 is 0. The molecule has 0 fully saturated rings. The highest BCUT2D eigenvalue weighted by Gasteiger charge is 2.34. The average Bonchev–Trinajstić information content (AvgIpc) is 3.54. The highest BCUT2D eigenvalue weighted by molar-refractivity contribution is 6.06. The Balaban J connectivity index is 1.35. The molecule has 1 amide bonds. The van der Waals surface area contributed by atoms with Crippen molar-refractivity contribution in [2.24, 2.45) is 4.99 Å². The maximum absolute atomic E-state index is 13.4. The van der Waals surface area contributed by atoms with Gasteiger partial charge in [-0.1, -0.05) is 80.1 Å². The van der Waals surface area contributed by atoms with Crippen molar-refractivity contribution in [3.05, 3.63) is 83.9 Å². The molecule has 0 radical (unpaired) electrons. The number of unbranched alkanes of at least 4 members (excludes halogenated alkanes) is 1. The monoisotopic (exact) mass is 479 g/mol. The first-order valence-electron chi connectivity index (χ1n) is 12.3. The summed E-state index contributed by atoms with van der Waals surface area (Å²) in [7, 11) is 0. The van der Waals surface area contributed by atoms with Gasteiger partial charge < -0.3 is 5.73 Å². The number of benzene rings is 3. The number of anilines is 1. The Morgan fingerprint density at radius 2 is 1.72 bits per heavy atom. The van der Waals surface area contributed by atoms with Crippen molar-refractivity contribution in [3.8, 4) is 22.5 Å². The number of tetrazole rings is 1. The summed E-state index contributed by atoms with van der Waals surface area (Å²) in [4.78, 5) is 20.1. The Hall–Kier alpha value is -4.33. The van der Waals surface area contributed by atoms with Crippen molar-refractivity contribution >= 4 is 17.4 Å². The predicted octanol–water partition coefficient (Wildman–Crippen LogP) is 4.66. The van der Waals surface area contributed by atoms with Crippen LogP contribution in [0, 0.1) is 0 Å². The molecule has 8 nitrogen and oxygen atoms in total. The number of nitrogen functional groups attached to an aromatic ring is 1. The van der Waals surface area contributed by atoms with Crippen molar-refractivity contribution in [1.82, 2.24) is 25.5 Å². The fourth-order valence-corrected chi connectivity index (χ4v) is 4.55. The van der Waals surface area contributed by atoms with Crippen LogP contribution in [-0.2, 0) is 17.8 Å². The number of hydrogen-bond donors (Lipinski definition) is 2. The van der Waals surface area contributed by atoms with E-state index < -0.39 is 6.04 Å². The average molecular weight is 480 g/mol. The quantitative estimate of drug-likeness (QED) is 0.339. The van der Waals surface area contributed by atoms with E-state index in [1.165, 1.54) is 0 Å². The smallest absolute Gasteiger partial charge is 0.253 e. The number of amides is 1. The SMILES string of the molecule is CCCCC1=NC(Cc2ccccc2N)C(=O)N1Cc1ccc(-c2ccccc2-c2nn[nH]n2)cc1. The molecule has 0 bridgehead atoms. The van der Waals surface area contributed by atoms with Crippen molar-refractivity contribution in [2.75, 3.05) is 5.73 Å². The standard InChI is InChI=1S/C28H29N7O/c1-2-3-12-26-30-25(17-21-8-4-7-11-24(21)29)28(36)35(26)18-19-13-15-20(16-14-19)22-9-5-6-10-23(22)27-31-33-34-32-27/h4-11,13-16,25H,2-3,12,17-18,29H2,1H3,(H,31,32,33,34). The van der Waals surface area contributed by atoms with E-state index in [-0.39, 0.29) is 5.91 Å². The van der Waals surface area contributed by atoms with Crippen molar-refractivity contribution < 1.29 is 4.79 Å². The van der Waals surface area contributed by atoms with E-state index in [0.29, 0.717) is 24.5 Å². The van der Waals surface area contributed by atoms with E-state index >= 15 is 0 Å². The minimum absolute atomic E-state index is 0.0379. The lowest BCUT2D eigenvalue weighted by molar-refractivity contribution is -0.127. The van der Waals surface area contributed by atoms with Crippen LogP contribution in [-0.4, -0.2) is 43.3 Å². The van der Waals surface area contributed by atoms with Crippen LogP contribution < -0.4 is 5.73 Å². The van der Waals surface area contributed by atoms with Gasteiger partial charge in [0.25, 0.3) is 5.91 Å². The maximum Gasteiger partial charge on any atom is 0.253 e. The lowest BCUT2D eigenvalue weighted by atomic mass is 9.98. The summed E-state index contributed by atoms with van der Waals surface area (Å²) in [5, 5.41) is 14.5. The van der Waals surface area contributed by atoms with E-state index in [2.05, 4.69) is 51.8 Å². The molecular weight excluding hydrogens is 450 g/mol. The number of nitrogens with zero attached hydrogens (tertiary/aromatic N) is 5. The Morgan fingerprint density at radius 3 is 2.44 bits per heavy atom. The fourth-order valence-electron chi connectivity index (χ4n) is 4.55. The normalized spacial score (nSPS) is 15.4. The van der Waals surface area contributed by atoms with E-state index in [4.69, 9.17) is 10.7 Å². The number of aliphatic imine (C=N–C) groups is 1. The number of carbonyl (C=O) groups is 1. The number of amidine groups is 1. The van der Waals surface area contributed by atoms with E-state index in [1.54, 1.807) is 0 Å². The fraction of sp³-hybridized carbons (Fsp3) is 0.250. The molecule has 1 atom stereocenters. The first-order valence-corrected chi connectivity index (χ1v) is 12.3. The second-order valence-electron chi connectivity index (χ2n) is 8.97. The van der Waals surface area contributed by atoms with Crippen LogP contribution >= 0.6 is 0 Å². The largest absolute Gasteiger partial charge is 0.399 e. The molecule has 0 saturated carbocycles. The van der Waals surface area contributed by atoms with Gasteiger partial charge in [-0.3, -0.25) is 14.7 Å². The summed E-state index contributed by atoms with van der Waals surface area (Å²) in [6, 6.07) is 23.5. The van der Waals surface area contributed by atoms with Gasteiger partial charge in [0, 0.05) is 24.1 Å². The Bertz CT molecular complexity index is 1360. The summed E-state index contributed by atoms with van der Waals surface area (Å²) >= 11 is 0. The molecule has 8 heteroatoms. The van der Waals surface area contributed by atoms with Crippen LogP contribution in [0.4, 0.5) is 5.69 Å². The van der Waals surface area contributed by atoms with E-state index in [0.717, 1.165) is 52.9 Å². The number of H-pyrrole nitrogens is 1. The molecule has 0 spiro atoms. The molecule has 3 N–H and O–H groups in total. The van der Waals surface area contributed by atoms with Crippen molar-refractivity contribution in [1.29, 1.82) is 0 Å². The van der Waals surface area contributed by atoms with Crippen LogP contribution in [0.15, 0.2) is 77.8 Å². The molecule has 36 heavy (non-hydrogen) atoms. The summed E-state index contributed by atoms with van der Waals surface area (Å²) in [5.41, 5.74) is 11.8. The van der Waals surface area contributed by atoms with Crippen LogP contribution in [0.3, 0.4) is 0 Å². The number of aromatic amines is 1. The first kappa shape index (κ1) is 23.4. The van der Waals surface area contributed by atoms with E-state index in [9.17, 15) is 4.79 Å². The molecule has 0 aliphatic carbocycles. The van der Waals surface area contributed by atoms with Crippen molar-refractivity contribution in [2.45, 2.75) is 45.2 Å². The number of nitrogens with two attached hydrogens (primary N) is 1. The van der Waals surface area contributed by atoms with Crippen LogP contribution in [0.1, 0.15) is 37.3 Å².